The summed E-state index contributed by atoms with van der Waals surface area (Å²) in [6, 6.07) is 10.3. The Hall–Kier alpha value is -1.65. The van der Waals surface area contributed by atoms with Gasteiger partial charge in [-0.1, -0.05) is 91.8 Å². The number of rotatable bonds is 8. The van der Waals surface area contributed by atoms with Gasteiger partial charge in [-0.25, -0.2) is 4.79 Å². The van der Waals surface area contributed by atoms with Crippen LogP contribution in [0.3, 0.4) is 0 Å². The third kappa shape index (κ3) is 5.59. The predicted molar refractivity (Wildman–Crippen MR) is 133 cm³/mol. The number of carbonyl (C=O) groups excluding carboxylic acids is 1. The maximum absolute atomic E-state index is 12.6. The molecule has 0 aliphatic heterocycles. The van der Waals surface area contributed by atoms with E-state index in [0.29, 0.717) is 23.2 Å². The number of ether oxygens (including phenoxy) is 1. The van der Waals surface area contributed by atoms with Gasteiger partial charge < -0.3 is 9.16 Å². The Labute approximate surface area is 191 Å². The first-order valence-electron chi connectivity index (χ1n) is 11.8. The maximum atomic E-state index is 12.6. The molecule has 1 saturated carbocycles. The van der Waals surface area contributed by atoms with Crippen molar-refractivity contribution in [3.8, 4) is 0 Å². The van der Waals surface area contributed by atoms with Crippen LogP contribution in [0.2, 0.25) is 16.6 Å². The number of hydrogen-bond acceptors (Lipinski definition) is 3. The quantitative estimate of drug-likeness (QED) is 0.237. The van der Waals surface area contributed by atoms with E-state index in [4.69, 9.17) is 9.16 Å². The van der Waals surface area contributed by atoms with Crippen LogP contribution in [0.5, 0.6) is 0 Å². The Balaban J connectivity index is 2.61. The zero-order valence-corrected chi connectivity index (χ0v) is 22.0. The van der Waals surface area contributed by atoms with Crippen molar-refractivity contribution in [3.05, 3.63) is 53.1 Å². The van der Waals surface area contributed by atoms with Crippen molar-refractivity contribution in [1.82, 2.24) is 0 Å². The van der Waals surface area contributed by atoms with E-state index in [-0.39, 0.29) is 17.5 Å². The molecule has 0 heterocycles. The lowest BCUT2D eigenvalue weighted by Crippen LogP contribution is -2.52. The van der Waals surface area contributed by atoms with Crippen LogP contribution < -0.4 is 0 Å². The number of hydrogen-bond donors (Lipinski definition) is 0. The second-order valence-electron chi connectivity index (χ2n) is 10.4. The van der Waals surface area contributed by atoms with Gasteiger partial charge in [-0.2, -0.15) is 0 Å². The van der Waals surface area contributed by atoms with Gasteiger partial charge in [0.2, 0.25) is 8.32 Å². The molecule has 0 radical (unpaired) electrons. The predicted octanol–water partition coefficient (Wildman–Crippen LogP) is 7.55. The topological polar surface area (TPSA) is 35.5 Å². The molecule has 31 heavy (non-hydrogen) atoms. The Bertz CT molecular complexity index is 781. The van der Waals surface area contributed by atoms with Gasteiger partial charge in [-0.3, -0.25) is 0 Å². The number of esters is 1. The lowest BCUT2D eigenvalue weighted by atomic mass is 9.88. The van der Waals surface area contributed by atoms with E-state index in [9.17, 15) is 4.79 Å². The minimum atomic E-state index is -2.13. The molecule has 0 N–H and O–H groups in total. The summed E-state index contributed by atoms with van der Waals surface area (Å²) in [7, 11) is -2.13. The highest BCUT2D eigenvalue weighted by Gasteiger charge is 2.52. The third-order valence-corrected chi connectivity index (χ3v) is 12.8. The summed E-state index contributed by atoms with van der Waals surface area (Å²) in [5, 5.41) is 0. The lowest BCUT2D eigenvalue weighted by molar-refractivity contribution is -0.137. The van der Waals surface area contributed by atoms with E-state index >= 15 is 0 Å². The molecule has 1 aliphatic rings. The Morgan fingerprint density at radius 2 is 1.61 bits per heavy atom. The summed E-state index contributed by atoms with van der Waals surface area (Å²) in [4.78, 5) is 12.6. The minimum Gasteiger partial charge on any atom is -0.463 e. The van der Waals surface area contributed by atoms with Crippen LogP contribution in [0, 0.1) is 5.41 Å². The molecule has 1 unspecified atom stereocenters. The average Bonchev–Trinajstić information content (AvgIpc) is 2.88. The molecule has 0 saturated heterocycles. The van der Waals surface area contributed by atoms with Crippen molar-refractivity contribution in [1.29, 1.82) is 0 Å². The summed E-state index contributed by atoms with van der Waals surface area (Å²) in [6.07, 6.45) is 4.65. The molecule has 1 aliphatic carbocycles. The van der Waals surface area contributed by atoms with E-state index in [2.05, 4.69) is 73.6 Å². The molecule has 1 fully saturated rings. The van der Waals surface area contributed by atoms with E-state index in [1.807, 2.05) is 25.1 Å². The van der Waals surface area contributed by atoms with Crippen LogP contribution >= 0.6 is 0 Å². The standard InChI is InChI=1S/C27H42O3Si/c1-10-29-25(28)17-24-23(16-22-14-12-11-13-15-22)18-27(8,9)26(24)30-31(19(2)3,20(4)5)21(6)7/h11-17,19-21,26H,10,18H2,1-9H3/b23-16+,24-17-. The van der Waals surface area contributed by atoms with Gasteiger partial charge in [0.1, 0.15) is 0 Å². The van der Waals surface area contributed by atoms with Gasteiger partial charge in [-0.05, 0) is 52.1 Å². The highest BCUT2D eigenvalue weighted by atomic mass is 28.4. The molecule has 1 aromatic carbocycles. The fourth-order valence-corrected chi connectivity index (χ4v) is 11.1. The van der Waals surface area contributed by atoms with Crippen LogP contribution in [-0.2, 0) is 14.0 Å². The molecular weight excluding hydrogens is 400 g/mol. The van der Waals surface area contributed by atoms with Crippen molar-refractivity contribution in [2.45, 2.75) is 91.5 Å². The summed E-state index contributed by atoms with van der Waals surface area (Å²) < 4.78 is 12.6. The van der Waals surface area contributed by atoms with Gasteiger partial charge in [0.05, 0.1) is 12.7 Å². The Morgan fingerprint density at radius 1 is 1.06 bits per heavy atom. The van der Waals surface area contributed by atoms with Crippen LogP contribution in [-0.4, -0.2) is 27.0 Å². The zero-order valence-electron chi connectivity index (χ0n) is 21.0. The molecule has 172 valence electrons. The smallest absolute Gasteiger partial charge is 0.331 e. The monoisotopic (exact) mass is 442 g/mol. The van der Waals surface area contributed by atoms with Gasteiger partial charge in [-0.15, -0.1) is 0 Å². The number of benzene rings is 1. The molecule has 0 amide bonds. The van der Waals surface area contributed by atoms with E-state index in [0.717, 1.165) is 17.6 Å². The summed E-state index contributed by atoms with van der Waals surface area (Å²) >= 11 is 0. The normalized spacial score (nSPS) is 21.6. The summed E-state index contributed by atoms with van der Waals surface area (Å²) in [5.41, 5.74) is 4.65. The second kappa shape index (κ2) is 10.3. The lowest BCUT2D eigenvalue weighted by Gasteiger charge is -2.46. The molecule has 1 aromatic rings. The fourth-order valence-electron chi connectivity index (χ4n) is 5.47. The van der Waals surface area contributed by atoms with Gasteiger partial charge in [0.25, 0.3) is 0 Å². The highest BCUT2D eigenvalue weighted by molar-refractivity contribution is 6.77. The van der Waals surface area contributed by atoms with Crippen LogP contribution in [0.15, 0.2) is 47.6 Å². The average molecular weight is 443 g/mol. The van der Waals surface area contributed by atoms with Crippen LogP contribution in [0.25, 0.3) is 6.08 Å². The fraction of sp³-hybridized carbons (Fsp3) is 0.593. The largest absolute Gasteiger partial charge is 0.463 e. The molecule has 0 spiro atoms. The van der Waals surface area contributed by atoms with E-state index in [1.165, 1.54) is 5.57 Å². The minimum absolute atomic E-state index is 0.101. The molecule has 0 aromatic heterocycles. The summed E-state index contributed by atoms with van der Waals surface area (Å²) in [5.74, 6) is -0.284. The Morgan fingerprint density at radius 3 is 2.10 bits per heavy atom. The van der Waals surface area contributed by atoms with Crippen LogP contribution in [0.1, 0.15) is 74.3 Å². The van der Waals surface area contributed by atoms with Gasteiger partial charge in [0.15, 0.2) is 0 Å². The van der Waals surface area contributed by atoms with Crippen LogP contribution in [0.4, 0.5) is 0 Å². The molecule has 3 nitrogen and oxygen atoms in total. The van der Waals surface area contributed by atoms with Gasteiger partial charge in [0, 0.05) is 6.08 Å². The van der Waals surface area contributed by atoms with Crippen molar-refractivity contribution < 1.29 is 14.0 Å². The second-order valence-corrected chi connectivity index (χ2v) is 15.8. The maximum Gasteiger partial charge on any atom is 0.331 e. The van der Waals surface area contributed by atoms with Gasteiger partial charge >= 0.3 is 5.97 Å². The number of carbonyl (C=O) groups is 1. The summed E-state index contributed by atoms with van der Waals surface area (Å²) in [6.45, 7) is 20.6. The zero-order chi connectivity index (χ0) is 23.4. The SMILES string of the molecule is CCOC(=O)/C=C1/C(=C/c2ccccc2)CC(C)(C)C1O[Si](C(C)C)(C(C)C)C(C)C. The third-order valence-electron chi connectivity index (χ3n) is 6.74. The molecule has 0 bridgehead atoms. The molecule has 2 rings (SSSR count). The first-order valence-corrected chi connectivity index (χ1v) is 13.9. The molecular formula is C27H42O3Si. The first kappa shape index (κ1) is 25.6. The van der Waals surface area contributed by atoms with E-state index in [1.54, 1.807) is 6.08 Å². The van der Waals surface area contributed by atoms with E-state index < -0.39 is 8.32 Å². The molecule has 1 atom stereocenters. The van der Waals surface area contributed by atoms with Crippen molar-refractivity contribution >= 4 is 20.4 Å². The van der Waals surface area contributed by atoms with Crippen molar-refractivity contribution in [3.63, 3.8) is 0 Å². The first-order chi connectivity index (χ1) is 14.5. The van der Waals surface area contributed by atoms with Crippen molar-refractivity contribution in [2.24, 2.45) is 5.41 Å². The Kier molecular flexibility index (Phi) is 8.52. The molecule has 4 heteroatoms. The highest BCUT2D eigenvalue weighted by Crippen LogP contribution is 2.52. The van der Waals surface area contributed by atoms with Crippen molar-refractivity contribution in [2.75, 3.05) is 6.61 Å².